The average Bonchev–Trinajstić information content (AvgIpc) is 2.35. The van der Waals surface area contributed by atoms with Gasteiger partial charge in [-0.15, -0.1) is 0 Å². The minimum atomic E-state index is -0.406. The molecule has 1 saturated heterocycles. The number of nitrogens with zero attached hydrogens (tertiary/aromatic N) is 1. The zero-order valence-corrected chi connectivity index (χ0v) is 11.3. The quantitative estimate of drug-likeness (QED) is 0.655. The maximum Gasteiger partial charge on any atom is 0.0608 e. The third kappa shape index (κ3) is 5.82. The molecule has 17 heavy (non-hydrogen) atoms. The molecule has 102 valence electrons. The molecule has 3 N–H and O–H groups in total. The molecule has 0 aromatic carbocycles. The standard InChI is InChI=1S/C13H28N2O2/c1-13(14,11-16)7-3-4-8-15(2)12-5-9-17-10-6-12/h12,16H,3-11,14H2,1-2H3. The summed E-state index contributed by atoms with van der Waals surface area (Å²) in [6, 6.07) is 0.686. The van der Waals surface area contributed by atoms with Gasteiger partial charge in [-0.25, -0.2) is 0 Å². The van der Waals surface area contributed by atoms with Crippen LogP contribution < -0.4 is 5.73 Å². The van der Waals surface area contributed by atoms with Gasteiger partial charge in [0.2, 0.25) is 0 Å². The summed E-state index contributed by atoms with van der Waals surface area (Å²) >= 11 is 0. The Hall–Kier alpha value is -0.160. The molecule has 0 aromatic heterocycles. The highest BCUT2D eigenvalue weighted by Gasteiger charge is 2.19. The minimum absolute atomic E-state index is 0.0722. The van der Waals surface area contributed by atoms with Crippen molar-refractivity contribution in [1.29, 1.82) is 0 Å². The van der Waals surface area contributed by atoms with Crippen molar-refractivity contribution in [3.05, 3.63) is 0 Å². The summed E-state index contributed by atoms with van der Waals surface area (Å²) in [6.07, 6.45) is 5.44. The molecule has 0 saturated carbocycles. The molecule has 4 heteroatoms. The Morgan fingerprint density at radius 2 is 2.00 bits per heavy atom. The molecule has 1 aliphatic heterocycles. The summed E-state index contributed by atoms with van der Waals surface area (Å²) in [4.78, 5) is 2.44. The SMILES string of the molecule is CN(CCCCC(C)(N)CO)C1CCOCC1. The summed E-state index contributed by atoms with van der Waals surface area (Å²) in [5.41, 5.74) is 5.49. The number of aliphatic hydroxyl groups excluding tert-OH is 1. The number of ether oxygens (including phenoxy) is 1. The highest BCUT2D eigenvalue weighted by molar-refractivity contribution is 4.77. The number of hydrogen-bond donors (Lipinski definition) is 2. The van der Waals surface area contributed by atoms with Gasteiger partial charge in [-0.1, -0.05) is 6.42 Å². The van der Waals surface area contributed by atoms with E-state index in [-0.39, 0.29) is 6.61 Å². The van der Waals surface area contributed by atoms with Crippen LogP contribution in [-0.2, 0) is 4.74 Å². The van der Waals surface area contributed by atoms with Crippen LogP contribution in [0.2, 0.25) is 0 Å². The van der Waals surface area contributed by atoms with E-state index in [0.29, 0.717) is 6.04 Å². The number of aliphatic hydroxyl groups is 1. The summed E-state index contributed by atoms with van der Waals surface area (Å²) in [5, 5.41) is 9.06. The number of nitrogens with two attached hydrogens (primary N) is 1. The zero-order chi connectivity index (χ0) is 12.7. The Morgan fingerprint density at radius 3 is 2.59 bits per heavy atom. The Morgan fingerprint density at radius 1 is 1.35 bits per heavy atom. The van der Waals surface area contributed by atoms with Gasteiger partial charge in [0.05, 0.1) is 6.61 Å². The molecule has 1 unspecified atom stereocenters. The molecule has 1 heterocycles. The van der Waals surface area contributed by atoms with E-state index in [1.54, 1.807) is 0 Å². The first kappa shape index (κ1) is 14.9. The second kappa shape index (κ2) is 7.31. The van der Waals surface area contributed by atoms with Crippen molar-refractivity contribution in [2.75, 3.05) is 33.4 Å². The summed E-state index contributed by atoms with van der Waals surface area (Å²) in [6.45, 7) is 4.91. The van der Waals surface area contributed by atoms with Gasteiger partial charge in [0.1, 0.15) is 0 Å². The lowest BCUT2D eigenvalue weighted by Crippen LogP contribution is -2.40. The van der Waals surface area contributed by atoms with Crippen LogP contribution in [0, 0.1) is 0 Å². The number of hydrogen-bond acceptors (Lipinski definition) is 4. The predicted molar refractivity (Wildman–Crippen MR) is 70.0 cm³/mol. The Labute approximate surface area is 105 Å². The van der Waals surface area contributed by atoms with Gasteiger partial charge in [0.15, 0.2) is 0 Å². The van der Waals surface area contributed by atoms with Gasteiger partial charge in [0.25, 0.3) is 0 Å². The third-order valence-corrected chi connectivity index (χ3v) is 3.68. The van der Waals surface area contributed by atoms with E-state index in [1.165, 1.54) is 0 Å². The minimum Gasteiger partial charge on any atom is -0.394 e. The van der Waals surface area contributed by atoms with Crippen LogP contribution in [0.3, 0.4) is 0 Å². The molecule has 0 bridgehead atoms. The van der Waals surface area contributed by atoms with E-state index in [2.05, 4.69) is 11.9 Å². The van der Waals surface area contributed by atoms with Crippen molar-refractivity contribution in [2.24, 2.45) is 5.73 Å². The normalized spacial score (nSPS) is 21.7. The molecule has 0 amide bonds. The van der Waals surface area contributed by atoms with Crippen LogP contribution in [0.4, 0.5) is 0 Å². The Kier molecular flexibility index (Phi) is 6.41. The molecule has 0 aromatic rings. The molecule has 1 atom stereocenters. The molecular formula is C13H28N2O2. The predicted octanol–water partition coefficient (Wildman–Crippen LogP) is 0.977. The van der Waals surface area contributed by atoms with Gasteiger partial charge in [-0.05, 0) is 46.2 Å². The fourth-order valence-electron chi connectivity index (χ4n) is 2.28. The van der Waals surface area contributed by atoms with Crippen LogP contribution in [0.5, 0.6) is 0 Å². The van der Waals surface area contributed by atoms with Crippen molar-refractivity contribution >= 4 is 0 Å². The summed E-state index contributed by atoms with van der Waals surface area (Å²) in [5.74, 6) is 0. The van der Waals surface area contributed by atoms with Crippen molar-refractivity contribution in [2.45, 2.75) is 50.6 Å². The fourth-order valence-corrected chi connectivity index (χ4v) is 2.28. The van der Waals surface area contributed by atoms with Crippen LogP contribution in [0.25, 0.3) is 0 Å². The van der Waals surface area contributed by atoms with Gasteiger partial charge < -0.3 is 20.5 Å². The van der Waals surface area contributed by atoms with Crippen molar-refractivity contribution in [3.8, 4) is 0 Å². The van der Waals surface area contributed by atoms with E-state index in [9.17, 15) is 0 Å². The Bertz CT molecular complexity index is 204. The van der Waals surface area contributed by atoms with Crippen LogP contribution in [0.15, 0.2) is 0 Å². The van der Waals surface area contributed by atoms with E-state index in [1.807, 2.05) is 6.92 Å². The first-order valence-corrected chi connectivity index (χ1v) is 6.73. The van der Waals surface area contributed by atoms with E-state index < -0.39 is 5.54 Å². The Balaban J connectivity index is 2.09. The van der Waals surface area contributed by atoms with Gasteiger partial charge in [0, 0.05) is 24.8 Å². The molecule has 0 spiro atoms. The average molecular weight is 244 g/mol. The highest BCUT2D eigenvalue weighted by Crippen LogP contribution is 2.15. The lowest BCUT2D eigenvalue weighted by Gasteiger charge is -2.31. The molecule has 1 aliphatic rings. The van der Waals surface area contributed by atoms with Crippen molar-refractivity contribution in [1.82, 2.24) is 4.90 Å². The van der Waals surface area contributed by atoms with Crippen molar-refractivity contribution < 1.29 is 9.84 Å². The highest BCUT2D eigenvalue weighted by atomic mass is 16.5. The lowest BCUT2D eigenvalue weighted by molar-refractivity contribution is 0.0424. The maximum absolute atomic E-state index is 9.06. The molecule has 4 nitrogen and oxygen atoms in total. The monoisotopic (exact) mass is 244 g/mol. The summed E-state index contributed by atoms with van der Waals surface area (Å²) < 4.78 is 5.36. The molecule has 1 fully saturated rings. The molecule has 0 radical (unpaired) electrons. The van der Waals surface area contributed by atoms with Gasteiger partial charge in [-0.2, -0.15) is 0 Å². The summed E-state index contributed by atoms with van der Waals surface area (Å²) in [7, 11) is 2.20. The smallest absolute Gasteiger partial charge is 0.0608 e. The molecular weight excluding hydrogens is 216 g/mol. The maximum atomic E-state index is 9.06. The number of unbranched alkanes of at least 4 members (excludes halogenated alkanes) is 1. The second-order valence-electron chi connectivity index (χ2n) is 5.59. The van der Waals surface area contributed by atoms with E-state index in [0.717, 1.165) is 51.9 Å². The van der Waals surface area contributed by atoms with Gasteiger partial charge >= 0.3 is 0 Å². The molecule has 0 aliphatic carbocycles. The van der Waals surface area contributed by atoms with Crippen LogP contribution >= 0.6 is 0 Å². The largest absolute Gasteiger partial charge is 0.394 e. The van der Waals surface area contributed by atoms with E-state index >= 15 is 0 Å². The number of rotatable bonds is 7. The van der Waals surface area contributed by atoms with Crippen molar-refractivity contribution in [3.63, 3.8) is 0 Å². The first-order valence-electron chi connectivity index (χ1n) is 6.73. The molecule has 1 rings (SSSR count). The second-order valence-corrected chi connectivity index (χ2v) is 5.59. The first-order chi connectivity index (χ1) is 8.05. The van der Waals surface area contributed by atoms with Crippen LogP contribution in [0.1, 0.15) is 39.0 Å². The van der Waals surface area contributed by atoms with E-state index in [4.69, 9.17) is 15.6 Å². The topological polar surface area (TPSA) is 58.7 Å². The third-order valence-electron chi connectivity index (χ3n) is 3.68. The van der Waals surface area contributed by atoms with Crippen LogP contribution in [-0.4, -0.2) is 55.0 Å². The van der Waals surface area contributed by atoms with Gasteiger partial charge in [-0.3, -0.25) is 0 Å². The zero-order valence-electron chi connectivity index (χ0n) is 11.3. The fraction of sp³-hybridized carbons (Fsp3) is 1.00. The lowest BCUT2D eigenvalue weighted by atomic mass is 9.97.